The molecule has 1 amide bonds. The Morgan fingerprint density at radius 2 is 2.25 bits per heavy atom. The highest BCUT2D eigenvalue weighted by Gasteiger charge is 2.33. The van der Waals surface area contributed by atoms with Crippen LogP contribution in [0.2, 0.25) is 5.02 Å². The van der Waals surface area contributed by atoms with Crippen LogP contribution in [0.25, 0.3) is 0 Å². The highest BCUT2D eigenvalue weighted by atomic mass is 35.5. The molecule has 2 aromatic rings. The molecular weight excluding hydrogens is 338 g/mol. The third-order valence-electron chi connectivity index (χ3n) is 3.85. The number of anilines is 1. The van der Waals surface area contributed by atoms with Gasteiger partial charge in [0.2, 0.25) is 5.91 Å². The SMILES string of the molecule is O=C(C1CCOc2ccc(Cl)cc21)N(CC(F)F)c1cccnc1. The van der Waals surface area contributed by atoms with Gasteiger partial charge in [-0.15, -0.1) is 0 Å². The molecular formula is C17H15ClF2N2O2. The zero-order valence-electron chi connectivity index (χ0n) is 12.7. The fourth-order valence-electron chi connectivity index (χ4n) is 2.78. The number of ether oxygens (including phenoxy) is 1. The summed E-state index contributed by atoms with van der Waals surface area (Å²) >= 11 is 6.02. The molecule has 0 radical (unpaired) electrons. The number of hydrogen-bond acceptors (Lipinski definition) is 3. The summed E-state index contributed by atoms with van der Waals surface area (Å²) < 4.78 is 31.5. The van der Waals surface area contributed by atoms with Crippen LogP contribution in [0.1, 0.15) is 17.9 Å². The van der Waals surface area contributed by atoms with E-state index in [1.807, 2.05) is 0 Å². The van der Waals surface area contributed by atoms with E-state index in [0.717, 1.165) is 4.90 Å². The predicted molar refractivity (Wildman–Crippen MR) is 86.9 cm³/mol. The van der Waals surface area contributed by atoms with Crippen molar-refractivity contribution in [3.05, 3.63) is 53.3 Å². The molecule has 24 heavy (non-hydrogen) atoms. The van der Waals surface area contributed by atoms with Gasteiger partial charge in [0.1, 0.15) is 5.75 Å². The first-order chi connectivity index (χ1) is 11.6. The van der Waals surface area contributed by atoms with Gasteiger partial charge in [0.25, 0.3) is 6.43 Å². The summed E-state index contributed by atoms with van der Waals surface area (Å²) in [4.78, 5) is 18.0. The van der Waals surface area contributed by atoms with E-state index in [9.17, 15) is 13.6 Å². The molecule has 0 bridgehead atoms. The summed E-state index contributed by atoms with van der Waals surface area (Å²) in [5.41, 5.74) is 0.972. The van der Waals surface area contributed by atoms with Gasteiger partial charge in [-0.3, -0.25) is 9.78 Å². The first-order valence-corrected chi connectivity index (χ1v) is 7.86. The molecule has 1 unspecified atom stereocenters. The summed E-state index contributed by atoms with van der Waals surface area (Å²) in [6, 6.07) is 8.22. The molecule has 1 aliphatic rings. The van der Waals surface area contributed by atoms with E-state index < -0.39 is 24.8 Å². The van der Waals surface area contributed by atoms with Crippen LogP contribution in [0.3, 0.4) is 0 Å². The molecule has 7 heteroatoms. The summed E-state index contributed by atoms with van der Waals surface area (Å²) in [5.74, 6) is -0.422. The minimum absolute atomic E-state index is 0.345. The first kappa shape index (κ1) is 16.6. The molecule has 1 aromatic heterocycles. The van der Waals surface area contributed by atoms with Crippen LogP contribution in [0.15, 0.2) is 42.7 Å². The number of halogens is 3. The van der Waals surface area contributed by atoms with Crippen LogP contribution < -0.4 is 9.64 Å². The number of rotatable bonds is 4. The van der Waals surface area contributed by atoms with Crippen molar-refractivity contribution in [2.75, 3.05) is 18.1 Å². The largest absolute Gasteiger partial charge is 0.493 e. The lowest BCUT2D eigenvalue weighted by molar-refractivity contribution is -0.121. The lowest BCUT2D eigenvalue weighted by atomic mass is 9.91. The van der Waals surface area contributed by atoms with E-state index in [0.29, 0.717) is 35.1 Å². The fourth-order valence-corrected chi connectivity index (χ4v) is 2.96. The van der Waals surface area contributed by atoms with Crippen molar-refractivity contribution in [3.63, 3.8) is 0 Å². The highest BCUT2D eigenvalue weighted by Crippen LogP contribution is 2.37. The average molecular weight is 353 g/mol. The quantitative estimate of drug-likeness (QED) is 0.838. The standard InChI is InChI=1S/C17H15ClF2N2O2/c18-11-3-4-15-14(8-11)13(5-7-24-15)17(23)22(10-16(19)20)12-2-1-6-21-9-12/h1-4,6,8-9,13,16H,5,7,10H2. The second-order valence-corrected chi connectivity index (χ2v) is 5.86. The number of pyridine rings is 1. The lowest BCUT2D eigenvalue weighted by Gasteiger charge is -2.30. The van der Waals surface area contributed by atoms with E-state index in [1.54, 1.807) is 30.3 Å². The smallest absolute Gasteiger partial charge is 0.256 e. The van der Waals surface area contributed by atoms with Crippen molar-refractivity contribution >= 4 is 23.2 Å². The number of amides is 1. The number of fused-ring (bicyclic) bond motifs is 1. The van der Waals surface area contributed by atoms with Crippen LogP contribution >= 0.6 is 11.6 Å². The van der Waals surface area contributed by atoms with E-state index in [1.165, 1.54) is 12.4 Å². The second kappa shape index (κ2) is 7.13. The van der Waals surface area contributed by atoms with Gasteiger partial charge >= 0.3 is 0 Å². The number of alkyl halides is 2. The fraction of sp³-hybridized carbons (Fsp3) is 0.294. The normalized spacial score (nSPS) is 16.4. The van der Waals surface area contributed by atoms with Crippen molar-refractivity contribution < 1.29 is 18.3 Å². The number of nitrogens with zero attached hydrogens (tertiary/aromatic N) is 2. The molecule has 126 valence electrons. The Balaban J connectivity index is 1.95. The Kier molecular flexibility index (Phi) is 4.94. The van der Waals surface area contributed by atoms with E-state index >= 15 is 0 Å². The van der Waals surface area contributed by atoms with E-state index in [4.69, 9.17) is 16.3 Å². The molecule has 1 aliphatic heterocycles. The van der Waals surface area contributed by atoms with Gasteiger partial charge in [-0.05, 0) is 36.8 Å². The minimum Gasteiger partial charge on any atom is -0.493 e. The zero-order valence-corrected chi connectivity index (χ0v) is 13.4. The Labute approximate surface area is 143 Å². The molecule has 1 atom stereocenters. The number of carbonyl (C=O) groups excluding carboxylic acids is 1. The maximum atomic E-state index is 13.0. The maximum absolute atomic E-state index is 13.0. The third kappa shape index (κ3) is 3.48. The van der Waals surface area contributed by atoms with Crippen molar-refractivity contribution in [1.29, 1.82) is 0 Å². The number of benzene rings is 1. The van der Waals surface area contributed by atoms with Crippen LogP contribution in [0.5, 0.6) is 5.75 Å². The number of aromatic nitrogens is 1. The summed E-state index contributed by atoms with van der Waals surface area (Å²) in [7, 11) is 0. The molecule has 0 aliphatic carbocycles. The van der Waals surface area contributed by atoms with Gasteiger partial charge in [0.15, 0.2) is 0 Å². The average Bonchev–Trinajstić information content (AvgIpc) is 2.59. The molecule has 0 spiro atoms. The van der Waals surface area contributed by atoms with Crippen LogP contribution in [-0.4, -0.2) is 30.5 Å². The Morgan fingerprint density at radius 1 is 1.42 bits per heavy atom. The summed E-state index contributed by atoms with van der Waals surface area (Å²) in [5, 5.41) is 0.471. The zero-order chi connectivity index (χ0) is 17.1. The lowest BCUT2D eigenvalue weighted by Crippen LogP contribution is -2.40. The summed E-state index contributed by atoms with van der Waals surface area (Å²) in [6.07, 6.45) is 0.691. The van der Waals surface area contributed by atoms with Crippen molar-refractivity contribution in [2.45, 2.75) is 18.8 Å². The van der Waals surface area contributed by atoms with Gasteiger partial charge in [-0.2, -0.15) is 0 Å². The topological polar surface area (TPSA) is 42.4 Å². The molecule has 0 saturated carbocycles. The molecule has 4 nitrogen and oxygen atoms in total. The Morgan fingerprint density at radius 3 is 2.96 bits per heavy atom. The number of hydrogen-bond donors (Lipinski definition) is 0. The van der Waals surface area contributed by atoms with Gasteiger partial charge in [0.05, 0.1) is 31.0 Å². The van der Waals surface area contributed by atoms with Gasteiger partial charge in [0, 0.05) is 16.8 Å². The van der Waals surface area contributed by atoms with Crippen LogP contribution in [0.4, 0.5) is 14.5 Å². The van der Waals surface area contributed by atoms with Gasteiger partial charge in [-0.25, -0.2) is 8.78 Å². The maximum Gasteiger partial charge on any atom is 0.256 e. The van der Waals surface area contributed by atoms with Crippen molar-refractivity contribution in [3.8, 4) is 5.75 Å². The second-order valence-electron chi connectivity index (χ2n) is 5.42. The molecule has 1 aromatic carbocycles. The monoisotopic (exact) mass is 352 g/mol. The minimum atomic E-state index is -2.65. The molecule has 3 rings (SSSR count). The Hall–Kier alpha value is -2.21. The Bertz CT molecular complexity index is 728. The highest BCUT2D eigenvalue weighted by molar-refractivity contribution is 6.30. The molecule has 0 fully saturated rings. The van der Waals surface area contributed by atoms with Crippen LogP contribution in [0, 0.1) is 0 Å². The first-order valence-electron chi connectivity index (χ1n) is 7.48. The summed E-state index contributed by atoms with van der Waals surface area (Å²) in [6.45, 7) is -0.335. The number of carbonyl (C=O) groups is 1. The van der Waals surface area contributed by atoms with Gasteiger partial charge in [-0.1, -0.05) is 11.6 Å². The van der Waals surface area contributed by atoms with E-state index in [2.05, 4.69) is 4.98 Å². The molecule has 0 saturated heterocycles. The van der Waals surface area contributed by atoms with Crippen molar-refractivity contribution in [2.24, 2.45) is 0 Å². The predicted octanol–water partition coefficient (Wildman–Crippen LogP) is 3.90. The van der Waals surface area contributed by atoms with Gasteiger partial charge < -0.3 is 9.64 Å². The van der Waals surface area contributed by atoms with Crippen LogP contribution in [-0.2, 0) is 4.79 Å². The van der Waals surface area contributed by atoms with Crippen molar-refractivity contribution in [1.82, 2.24) is 4.98 Å². The van der Waals surface area contributed by atoms with E-state index in [-0.39, 0.29) is 0 Å². The molecule has 0 N–H and O–H groups in total. The third-order valence-corrected chi connectivity index (χ3v) is 4.09. The molecule has 2 heterocycles.